The Bertz CT molecular complexity index is 356. The van der Waals surface area contributed by atoms with Crippen molar-refractivity contribution in [2.24, 2.45) is 0 Å². The highest BCUT2D eigenvalue weighted by atomic mass is 16.2. The summed E-state index contributed by atoms with van der Waals surface area (Å²) < 4.78 is 0. The van der Waals surface area contributed by atoms with Gasteiger partial charge in [-0.15, -0.1) is 0 Å². The smallest absolute Gasteiger partial charge is 0.302 e. The Balaban J connectivity index is 2.38. The van der Waals surface area contributed by atoms with E-state index in [2.05, 4.69) is 9.83 Å². The van der Waals surface area contributed by atoms with Crippen molar-refractivity contribution >= 4 is 5.91 Å². The average molecular weight is 203 g/mol. The molecule has 0 unspecified atom stereocenters. The summed E-state index contributed by atoms with van der Waals surface area (Å²) in [5.74, 6) is -0.138. The van der Waals surface area contributed by atoms with Gasteiger partial charge in [0, 0.05) is 31.9 Å². The van der Waals surface area contributed by atoms with Crippen LogP contribution in [-0.2, 0) is 11.2 Å². The van der Waals surface area contributed by atoms with Gasteiger partial charge < -0.3 is 9.74 Å². The zero-order valence-electron chi connectivity index (χ0n) is 8.68. The summed E-state index contributed by atoms with van der Waals surface area (Å²) in [5.41, 5.74) is 0.958. The number of rotatable bonds is 4. The first-order valence-electron chi connectivity index (χ1n) is 4.71. The lowest BCUT2D eigenvalue weighted by atomic mass is 10.2. The quantitative estimate of drug-likeness (QED) is 0.685. The van der Waals surface area contributed by atoms with E-state index in [0.717, 1.165) is 12.1 Å². The van der Waals surface area contributed by atoms with Gasteiger partial charge in [0.15, 0.2) is 0 Å². The molecule has 0 aliphatic carbocycles. The van der Waals surface area contributed by atoms with Crippen LogP contribution in [0.15, 0.2) is 24.4 Å². The summed E-state index contributed by atoms with van der Waals surface area (Å²) in [6, 6.07) is 5.70. The fourth-order valence-electron chi connectivity index (χ4n) is 1.14. The number of aromatic nitrogens is 1. The van der Waals surface area contributed by atoms with Crippen LogP contribution in [0, 0.1) is 6.57 Å². The maximum absolute atomic E-state index is 11.3. The van der Waals surface area contributed by atoms with Crippen molar-refractivity contribution in [1.29, 1.82) is 0 Å². The number of hydrogen-bond donors (Lipinski definition) is 0. The minimum Gasteiger partial charge on any atom is -0.339 e. The van der Waals surface area contributed by atoms with Gasteiger partial charge in [-0.05, 0) is 12.1 Å². The number of nitrogens with zero attached hydrogens (tertiary/aromatic N) is 3. The molecule has 1 heterocycles. The average Bonchev–Trinajstić information content (AvgIpc) is 2.27. The Morgan fingerprint density at radius 3 is 3.00 bits per heavy atom. The molecule has 0 bridgehead atoms. The summed E-state index contributed by atoms with van der Waals surface area (Å²) in [7, 11) is 1.70. The Labute approximate surface area is 89.4 Å². The molecule has 0 aromatic carbocycles. The number of carbonyl (C=O) groups excluding carboxylic acids is 1. The van der Waals surface area contributed by atoms with E-state index in [1.54, 1.807) is 18.1 Å². The first kappa shape index (κ1) is 11.2. The van der Waals surface area contributed by atoms with Crippen LogP contribution in [0.5, 0.6) is 0 Å². The molecule has 15 heavy (non-hydrogen) atoms. The van der Waals surface area contributed by atoms with Crippen LogP contribution in [0.4, 0.5) is 0 Å². The predicted molar refractivity (Wildman–Crippen MR) is 57.0 cm³/mol. The Morgan fingerprint density at radius 2 is 2.40 bits per heavy atom. The number of hydrogen-bond acceptors (Lipinski definition) is 2. The molecule has 0 aliphatic rings. The summed E-state index contributed by atoms with van der Waals surface area (Å²) in [6.07, 6.45) is 2.46. The van der Waals surface area contributed by atoms with Crippen LogP contribution in [-0.4, -0.2) is 35.9 Å². The zero-order valence-corrected chi connectivity index (χ0v) is 8.68. The minimum absolute atomic E-state index is 0.0707. The maximum Gasteiger partial charge on any atom is 0.302 e. The molecule has 0 spiro atoms. The number of pyridine rings is 1. The van der Waals surface area contributed by atoms with E-state index in [4.69, 9.17) is 6.57 Å². The molecule has 0 atom stereocenters. The van der Waals surface area contributed by atoms with Gasteiger partial charge in [0.2, 0.25) is 0 Å². The van der Waals surface area contributed by atoms with Crippen LogP contribution >= 0.6 is 0 Å². The first-order valence-corrected chi connectivity index (χ1v) is 4.71. The summed E-state index contributed by atoms with van der Waals surface area (Å²) in [4.78, 5) is 20.0. The Morgan fingerprint density at radius 1 is 1.60 bits per heavy atom. The highest BCUT2D eigenvalue weighted by molar-refractivity contribution is 5.79. The summed E-state index contributed by atoms with van der Waals surface area (Å²) in [6.45, 7) is 7.12. The molecule has 4 nitrogen and oxygen atoms in total. The van der Waals surface area contributed by atoms with E-state index < -0.39 is 0 Å². The molecule has 78 valence electrons. The molecular weight excluding hydrogens is 190 g/mol. The molecule has 1 amide bonds. The lowest BCUT2D eigenvalue weighted by Crippen LogP contribution is -2.30. The first-order chi connectivity index (χ1) is 7.24. The molecule has 0 radical (unpaired) electrons. The largest absolute Gasteiger partial charge is 0.339 e. The highest BCUT2D eigenvalue weighted by Crippen LogP contribution is 1.96. The standard InChI is InChI=1S/C11H13N3O/c1-12-9-11(15)14(2)8-6-10-5-3-4-7-13-10/h3-5,7H,6,8-9H2,2H3. The van der Waals surface area contributed by atoms with E-state index in [9.17, 15) is 4.79 Å². The third-order valence-corrected chi connectivity index (χ3v) is 2.07. The molecule has 0 saturated heterocycles. The Hall–Kier alpha value is -1.89. The van der Waals surface area contributed by atoms with Gasteiger partial charge in [-0.25, -0.2) is 6.57 Å². The molecule has 0 aliphatic heterocycles. The van der Waals surface area contributed by atoms with E-state index >= 15 is 0 Å². The van der Waals surface area contributed by atoms with Gasteiger partial charge in [-0.2, -0.15) is 0 Å². The van der Waals surface area contributed by atoms with E-state index in [0.29, 0.717) is 6.54 Å². The Kier molecular flexibility index (Phi) is 4.30. The van der Waals surface area contributed by atoms with E-state index in [-0.39, 0.29) is 12.5 Å². The second-order valence-corrected chi connectivity index (χ2v) is 3.20. The minimum atomic E-state index is -0.138. The van der Waals surface area contributed by atoms with Gasteiger partial charge in [0.05, 0.1) is 0 Å². The normalized spacial score (nSPS) is 9.33. The zero-order chi connectivity index (χ0) is 11.1. The van der Waals surface area contributed by atoms with Gasteiger partial charge in [-0.1, -0.05) is 6.07 Å². The van der Waals surface area contributed by atoms with Gasteiger partial charge >= 0.3 is 5.91 Å². The third kappa shape index (κ3) is 3.77. The predicted octanol–water partition coefficient (Wildman–Crippen LogP) is 1.00. The lowest BCUT2D eigenvalue weighted by molar-refractivity contribution is -0.127. The topological polar surface area (TPSA) is 37.6 Å². The molecule has 0 fully saturated rings. The van der Waals surface area contributed by atoms with Crippen LogP contribution in [0.25, 0.3) is 4.85 Å². The van der Waals surface area contributed by atoms with Crippen molar-refractivity contribution in [2.75, 3.05) is 20.1 Å². The summed E-state index contributed by atoms with van der Waals surface area (Å²) >= 11 is 0. The van der Waals surface area contributed by atoms with Crippen molar-refractivity contribution in [1.82, 2.24) is 9.88 Å². The van der Waals surface area contributed by atoms with Crippen molar-refractivity contribution in [2.45, 2.75) is 6.42 Å². The molecular formula is C11H13N3O. The molecule has 0 saturated carbocycles. The van der Waals surface area contributed by atoms with E-state index in [1.165, 1.54) is 0 Å². The van der Waals surface area contributed by atoms with Crippen LogP contribution in [0.2, 0.25) is 0 Å². The SMILES string of the molecule is [C-]#[N+]CC(=O)N(C)CCc1ccccn1. The fourth-order valence-corrected chi connectivity index (χ4v) is 1.14. The molecule has 0 N–H and O–H groups in total. The van der Waals surface area contributed by atoms with Gasteiger partial charge in [0.1, 0.15) is 0 Å². The van der Waals surface area contributed by atoms with Crippen molar-refractivity contribution in [3.8, 4) is 0 Å². The van der Waals surface area contributed by atoms with Gasteiger partial charge in [0.25, 0.3) is 6.54 Å². The van der Waals surface area contributed by atoms with Crippen LogP contribution in [0.1, 0.15) is 5.69 Å². The molecule has 1 rings (SSSR count). The second kappa shape index (κ2) is 5.76. The van der Waals surface area contributed by atoms with Crippen molar-refractivity contribution < 1.29 is 4.79 Å². The third-order valence-electron chi connectivity index (χ3n) is 2.07. The second-order valence-electron chi connectivity index (χ2n) is 3.20. The number of carbonyl (C=O) groups is 1. The molecule has 4 heteroatoms. The lowest BCUT2D eigenvalue weighted by Gasteiger charge is -2.13. The number of likely N-dealkylation sites (N-methyl/N-ethyl adjacent to an activating group) is 1. The highest BCUT2D eigenvalue weighted by Gasteiger charge is 2.10. The van der Waals surface area contributed by atoms with E-state index in [1.807, 2.05) is 18.2 Å². The number of amides is 1. The van der Waals surface area contributed by atoms with Crippen molar-refractivity contribution in [3.05, 3.63) is 41.5 Å². The van der Waals surface area contributed by atoms with Crippen LogP contribution in [0.3, 0.4) is 0 Å². The maximum atomic E-state index is 11.3. The van der Waals surface area contributed by atoms with Gasteiger partial charge in [-0.3, -0.25) is 9.78 Å². The summed E-state index contributed by atoms with van der Waals surface area (Å²) in [5, 5.41) is 0. The van der Waals surface area contributed by atoms with Crippen molar-refractivity contribution in [3.63, 3.8) is 0 Å². The fraction of sp³-hybridized carbons (Fsp3) is 0.364. The molecule has 1 aromatic heterocycles. The monoisotopic (exact) mass is 203 g/mol. The molecule has 1 aromatic rings. The van der Waals surface area contributed by atoms with Crippen LogP contribution < -0.4 is 0 Å².